The van der Waals surface area contributed by atoms with E-state index in [0.717, 1.165) is 36.8 Å². The van der Waals surface area contributed by atoms with Gasteiger partial charge in [-0.15, -0.1) is 0 Å². The second-order valence-corrected chi connectivity index (χ2v) is 10.8. The number of aryl methyl sites for hydroxylation is 4. The minimum atomic E-state index is -0.765. The molecule has 4 heteroatoms. The Kier molecular flexibility index (Phi) is 7.75. The number of hydrogen-bond donors (Lipinski definition) is 0. The fourth-order valence-electron chi connectivity index (χ4n) is 5.33. The van der Waals surface area contributed by atoms with E-state index in [1.165, 1.54) is 47.9 Å². The van der Waals surface area contributed by atoms with Crippen molar-refractivity contribution in [1.29, 1.82) is 0 Å². The van der Waals surface area contributed by atoms with Gasteiger partial charge in [-0.05, 0) is 105 Å². The van der Waals surface area contributed by atoms with E-state index in [4.69, 9.17) is 9.47 Å². The van der Waals surface area contributed by atoms with E-state index < -0.39 is 5.41 Å². The van der Waals surface area contributed by atoms with Crippen LogP contribution in [0.25, 0.3) is 0 Å². The van der Waals surface area contributed by atoms with Crippen LogP contribution in [0.2, 0.25) is 0 Å². The second kappa shape index (κ2) is 10.8. The van der Waals surface area contributed by atoms with Gasteiger partial charge in [-0.1, -0.05) is 43.3 Å². The largest absolute Gasteiger partial charge is 0.461 e. The van der Waals surface area contributed by atoms with E-state index in [9.17, 15) is 9.59 Å². The average molecular weight is 463 g/mol. The first-order chi connectivity index (χ1) is 16.3. The topological polar surface area (TPSA) is 52.6 Å². The summed E-state index contributed by atoms with van der Waals surface area (Å²) in [5, 5.41) is 0. The minimum Gasteiger partial charge on any atom is -0.461 e. The maximum atomic E-state index is 12.8. The van der Waals surface area contributed by atoms with Crippen LogP contribution >= 0.6 is 0 Å². The van der Waals surface area contributed by atoms with Crippen LogP contribution < -0.4 is 0 Å². The van der Waals surface area contributed by atoms with E-state index in [1.807, 2.05) is 20.8 Å². The highest BCUT2D eigenvalue weighted by molar-refractivity contribution is 5.78. The first-order valence-corrected chi connectivity index (χ1v) is 12.9. The molecule has 34 heavy (non-hydrogen) atoms. The molecule has 1 atom stereocenters. The van der Waals surface area contributed by atoms with Crippen molar-refractivity contribution in [2.75, 3.05) is 0 Å². The van der Waals surface area contributed by atoms with Crippen molar-refractivity contribution in [3.05, 3.63) is 69.8 Å². The molecule has 0 aliphatic heterocycles. The molecular weight excluding hydrogens is 424 g/mol. The molecule has 182 valence electrons. The van der Waals surface area contributed by atoms with Gasteiger partial charge in [0.15, 0.2) is 0 Å². The Morgan fingerprint density at radius 2 is 1.24 bits per heavy atom. The fraction of sp³-hybridized carbons (Fsp3) is 0.533. The third-order valence-corrected chi connectivity index (χ3v) is 7.35. The lowest BCUT2D eigenvalue weighted by Gasteiger charge is -2.25. The van der Waals surface area contributed by atoms with Gasteiger partial charge < -0.3 is 9.47 Å². The van der Waals surface area contributed by atoms with Crippen LogP contribution in [0.4, 0.5) is 0 Å². The Labute approximate surface area is 204 Å². The van der Waals surface area contributed by atoms with E-state index in [0.29, 0.717) is 6.42 Å². The Bertz CT molecular complexity index is 1040. The maximum absolute atomic E-state index is 12.8. The van der Waals surface area contributed by atoms with E-state index in [1.54, 1.807) is 0 Å². The highest BCUT2D eigenvalue weighted by Crippen LogP contribution is 2.29. The predicted octanol–water partition coefficient (Wildman–Crippen LogP) is 6.28. The van der Waals surface area contributed by atoms with Gasteiger partial charge in [-0.2, -0.15) is 0 Å². The molecule has 2 aromatic carbocycles. The standard InChI is InChI=1S/C30H38O4/c1-21(28(31)33-19-22-12-14-24-8-4-6-10-26(24)16-22)18-30(2,3)29(32)34-20-23-13-15-25-9-5-7-11-27(25)17-23/h12-17,21H,4-11,18-20H2,1-3H3. The zero-order valence-corrected chi connectivity index (χ0v) is 21.0. The van der Waals surface area contributed by atoms with Crippen LogP contribution in [-0.4, -0.2) is 11.9 Å². The average Bonchev–Trinajstić information content (AvgIpc) is 2.85. The van der Waals surface area contributed by atoms with Crippen LogP contribution in [0.15, 0.2) is 36.4 Å². The number of benzene rings is 2. The number of esters is 2. The van der Waals surface area contributed by atoms with E-state index in [-0.39, 0.29) is 31.1 Å². The molecule has 0 N–H and O–H groups in total. The van der Waals surface area contributed by atoms with Gasteiger partial charge in [0.2, 0.25) is 0 Å². The molecule has 0 aromatic heterocycles. The number of rotatable bonds is 8. The monoisotopic (exact) mass is 462 g/mol. The number of carbonyl (C=O) groups excluding carboxylic acids is 2. The lowest BCUT2D eigenvalue weighted by molar-refractivity contribution is -0.158. The number of carbonyl (C=O) groups is 2. The van der Waals surface area contributed by atoms with Crippen LogP contribution in [-0.2, 0) is 58.0 Å². The van der Waals surface area contributed by atoms with Crippen molar-refractivity contribution >= 4 is 11.9 Å². The molecule has 2 aliphatic carbocycles. The molecule has 0 heterocycles. The Morgan fingerprint density at radius 1 is 0.765 bits per heavy atom. The van der Waals surface area contributed by atoms with Gasteiger partial charge in [-0.3, -0.25) is 9.59 Å². The zero-order chi connectivity index (χ0) is 24.1. The molecule has 0 amide bonds. The molecule has 0 spiro atoms. The summed E-state index contributed by atoms with van der Waals surface area (Å²) in [6.07, 6.45) is 9.84. The van der Waals surface area contributed by atoms with E-state index in [2.05, 4.69) is 36.4 Å². The second-order valence-electron chi connectivity index (χ2n) is 10.8. The lowest BCUT2D eigenvalue weighted by atomic mass is 9.83. The third-order valence-electron chi connectivity index (χ3n) is 7.35. The molecule has 0 saturated carbocycles. The highest BCUT2D eigenvalue weighted by Gasteiger charge is 2.34. The van der Waals surface area contributed by atoms with Gasteiger partial charge in [0.05, 0.1) is 11.3 Å². The first kappa shape index (κ1) is 24.5. The van der Waals surface area contributed by atoms with Gasteiger partial charge in [-0.25, -0.2) is 0 Å². The van der Waals surface area contributed by atoms with Crippen molar-refractivity contribution in [3.63, 3.8) is 0 Å². The highest BCUT2D eigenvalue weighted by atomic mass is 16.5. The Morgan fingerprint density at radius 3 is 1.76 bits per heavy atom. The summed E-state index contributed by atoms with van der Waals surface area (Å²) < 4.78 is 11.3. The van der Waals surface area contributed by atoms with Crippen molar-refractivity contribution in [3.8, 4) is 0 Å². The summed E-state index contributed by atoms with van der Waals surface area (Å²) in [5.74, 6) is -0.934. The summed E-state index contributed by atoms with van der Waals surface area (Å²) >= 11 is 0. The SMILES string of the molecule is CC(CC(C)(C)C(=O)OCc1ccc2c(c1)CCCC2)C(=O)OCc1ccc2c(c1)CCCC2. The lowest BCUT2D eigenvalue weighted by Crippen LogP contribution is -2.31. The molecule has 0 saturated heterocycles. The van der Waals surface area contributed by atoms with Crippen LogP contribution in [0, 0.1) is 11.3 Å². The van der Waals surface area contributed by atoms with Crippen LogP contribution in [0.3, 0.4) is 0 Å². The van der Waals surface area contributed by atoms with Gasteiger partial charge in [0.25, 0.3) is 0 Å². The molecule has 0 fully saturated rings. The first-order valence-electron chi connectivity index (χ1n) is 12.9. The quantitative estimate of drug-likeness (QED) is 0.433. The fourth-order valence-corrected chi connectivity index (χ4v) is 5.33. The zero-order valence-electron chi connectivity index (χ0n) is 21.0. The Hall–Kier alpha value is -2.62. The number of fused-ring (bicyclic) bond motifs is 2. The molecule has 4 nitrogen and oxygen atoms in total. The van der Waals surface area contributed by atoms with Crippen molar-refractivity contribution < 1.29 is 19.1 Å². The van der Waals surface area contributed by atoms with Crippen molar-refractivity contribution in [2.45, 2.75) is 91.8 Å². The number of hydrogen-bond acceptors (Lipinski definition) is 4. The summed E-state index contributed by atoms with van der Waals surface area (Å²) in [6.45, 7) is 6.06. The van der Waals surface area contributed by atoms with E-state index >= 15 is 0 Å². The van der Waals surface area contributed by atoms with Crippen molar-refractivity contribution in [2.24, 2.45) is 11.3 Å². The molecular formula is C30H38O4. The smallest absolute Gasteiger partial charge is 0.311 e. The minimum absolute atomic E-state index is 0.270. The molecule has 0 bridgehead atoms. The summed E-state index contributed by atoms with van der Waals surface area (Å²) in [7, 11) is 0. The van der Waals surface area contributed by atoms with Crippen molar-refractivity contribution in [1.82, 2.24) is 0 Å². The van der Waals surface area contributed by atoms with Gasteiger partial charge >= 0.3 is 11.9 Å². The summed E-state index contributed by atoms with van der Waals surface area (Å²) in [4.78, 5) is 25.5. The third kappa shape index (κ3) is 6.08. The van der Waals surface area contributed by atoms with Crippen LogP contribution in [0.1, 0.15) is 86.3 Å². The molecule has 2 aliphatic rings. The Balaban J connectivity index is 1.26. The maximum Gasteiger partial charge on any atom is 0.311 e. The summed E-state index contributed by atoms with van der Waals surface area (Å²) in [5.41, 5.74) is 6.91. The molecule has 0 radical (unpaired) electrons. The molecule has 2 aromatic rings. The van der Waals surface area contributed by atoms with Crippen LogP contribution in [0.5, 0.6) is 0 Å². The predicted molar refractivity (Wildman–Crippen MR) is 133 cm³/mol. The van der Waals surface area contributed by atoms with Gasteiger partial charge in [0, 0.05) is 0 Å². The normalized spacial score (nSPS) is 16.2. The summed E-state index contributed by atoms with van der Waals surface area (Å²) in [6, 6.07) is 12.8. The number of ether oxygens (including phenoxy) is 2. The van der Waals surface area contributed by atoms with Gasteiger partial charge in [0.1, 0.15) is 13.2 Å². The molecule has 4 rings (SSSR count). The molecule has 1 unspecified atom stereocenters.